The van der Waals surface area contributed by atoms with Crippen LogP contribution in [0.25, 0.3) is 0 Å². The number of nitrogens with zero attached hydrogens (tertiary/aromatic N) is 1. The third-order valence-electron chi connectivity index (χ3n) is 1.63. The number of hydrogen-bond donors (Lipinski definition) is 3. The Balaban J connectivity index is 2.79. The van der Waals surface area contributed by atoms with E-state index in [4.69, 9.17) is 10.2 Å². The van der Waals surface area contributed by atoms with Gasteiger partial charge in [0.15, 0.2) is 5.17 Å². The van der Waals surface area contributed by atoms with Gasteiger partial charge in [-0.15, -0.1) is 0 Å². The number of carboxylic acid groups (broad SMARTS) is 2. The molecule has 1 rings (SSSR count). The van der Waals surface area contributed by atoms with Crippen LogP contribution < -0.4 is 5.32 Å². The number of nitrogens with one attached hydrogen (secondary N) is 1. The standard InChI is InChI=1S/C8H8N2O5S/c1-2-3-5(11)10-8(9-3)16-4(6(12)13)7(14)15/h2,4H,1H3,(H,12,13)(H,14,15)(H,9,10,11)/b3-2-. The summed E-state index contributed by atoms with van der Waals surface area (Å²) in [5.41, 5.74) is 0.136. The highest BCUT2D eigenvalue weighted by Crippen LogP contribution is 2.18. The second-order valence-corrected chi connectivity index (χ2v) is 3.81. The molecule has 3 N–H and O–H groups in total. The molecule has 0 aromatic carbocycles. The summed E-state index contributed by atoms with van der Waals surface area (Å²) in [4.78, 5) is 36.0. The normalized spacial score (nSPS) is 17.5. The quantitative estimate of drug-likeness (QED) is 0.461. The van der Waals surface area contributed by atoms with Gasteiger partial charge in [-0.05, 0) is 6.92 Å². The average Bonchev–Trinajstić information content (AvgIpc) is 2.54. The largest absolute Gasteiger partial charge is 0.480 e. The lowest BCUT2D eigenvalue weighted by Gasteiger charge is -2.05. The molecule has 86 valence electrons. The lowest BCUT2D eigenvalue weighted by atomic mass is 10.4. The zero-order valence-electron chi connectivity index (χ0n) is 8.13. The maximum absolute atomic E-state index is 11.1. The van der Waals surface area contributed by atoms with Crippen LogP contribution in [0.3, 0.4) is 0 Å². The van der Waals surface area contributed by atoms with Crippen LogP contribution in [0.4, 0.5) is 0 Å². The highest BCUT2D eigenvalue weighted by atomic mass is 32.2. The SMILES string of the molecule is C/C=C1\N=C(SC(C(=O)O)C(=O)O)NC1=O. The van der Waals surface area contributed by atoms with Crippen molar-refractivity contribution < 1.29 is 24.6 Å². The molecule has 1 aliphatic heterocycles. The average molecular weight is 244 g/mol. The molecule has 0 atom stereocenters. The van der Waals surface area contributed by atoms with Crippen molar-refractivity contribution in [3.05, 3.63) is 11.8 Å². The van der Waals surface area contributed by atoms with Gasteiger partial charge >= 0.3 is 11.9 Å². The van der Waals surface area contributed by atoms with Crippen LogP contribution in [-0.2, 0) is 14.4 Å². The molecule has 1 aliphatic rings. The molecule has 0 unspecified atom stereocenters. The number of carbonyl (C=O) groups excluding carboxylic acids is 1. The Hall–Kier alpha value is -1.83. The van der Waals surface area contributed by atoms with E-state index in [1.165, 1.54) is 6.08 Å². The monoisotopic (exact) mass is 244 g/mol. The third-order valence-corrected chi connectivity index (χ3v) is 2.68. The number of thioether (sulfide) groups is 1. The van der Waals surface area contributed by atoms with E-state index >= 15 is 0 Å². The maximum atomic E-state index is 11.1. The number of carboxylic acids is 2. The van der Waals surface area contributed by atoms with Gasteiger partial charge in [-0.3, -0.25) is 19.7 Å². The molecule has 0 spiro atoms. The number of carbonyl (C=O) groups is 3. The van der Waals surface area contributed by atoms with E-state index in [0.717, 1.165) is 0 Å². The third kappa shape index (κ3) is 2.60. The molecule has 8 heteroatoms. The van der Waals surface area contributed by atoms with Crippen molar-refractivity contribution in [3.63, 3.8) is 0 Å². The van der Waals surface area contributed by atoms with E-state index in [-0.39, 0.29) is 10.9 Å². The minimum Gasteiger partial charge on any atom is -0.480 e. The molecule has 1 heterocycles. The molecular formula is C8H8N2O5S. The van der Waals surface area contributed by atoms with Crippen molar-refractivity contribution in [1.29, 1.82) is 0 Å². The van der Waals surface area contributed by atoms with E-state index in [0.29, 0.717) is 11.8 Å². The van der Waals surface area contributed by atoms with Crippen molar-refractivity contribution in [2.45, 2.75) is 12.2 Å². The number of allylic oxidation sites excluding steroid dienone is 1. The summed E-state index contributed by atoms with van der Waals surface area (Å²) >= 11 is 0.470. The maximum Gasteiger partial charge on any atom is 0.328 e. The molecule has 0 bridgehead atoms. The molecule has 0 saturated heterocycles. The molecule has 0 fully saturated rings. The summed E-state index contributed by atoms with van der Waals surface area (Å²) in [5, 5.41) is 17.8. The first kappa shape index (κ1) is 12.2. The van der Waals surface area contributed by atoms with E-state index in [1.807, 2.05) is 0 Å². The molecular weight excluding hydrogens is 236 g/mol. The lowest BCUT2D eigenvalue weighted by molar-refractivity contribution is -0.146. The molecule has 1 amide bonds. The fraction of sp³-hybridized carbons (Fsp3) is 0.250. The Kier molecular flexibility index (Phi) is 3.67. The summed E-state index contributed by atoms with van der Waals surface area (Å²) in [6.07, 6.45) is 1.44. The Labute approximate surface area is 94.2 Å². The Bertz CT molecular complexity index is 401. The number of rotatable bonds is 3. The van der Waals surface area contributed by atoms with Gasteiger partial charge in [0.05, 0.1) is 0 Å². The van der Waals surface area contributed by atoms with Gasteiger partial charge in [0.25, 0.3) is 5.91 Å². The van der Waals surface area contributed by atoms with Crippen LogP contribution in [0.5, 0.6) is 0 Å². The van der Waals surface area contributed by atoms with E-state index in [1.54, 1.807) is 6.92 Å². The first-order valence-electron chi connectivity index (χ1n) is 4.14. The van der Waals surface area contributed by atoms with Crippen LogP contribution in [0.1, 0.15) is 6.92 Å². The zero-order valence-corrected chi connectivity index (χ0v) is 8.95. The van der Waals surface area contributed by atoms with Gasteiger partial charge in [-0.25, -0.2) is 4.99 Å². The van der Waals surface area contributed by atoms with Crippen molar-refractivity contribution in [1.82, 2.24) is 5.32 Å². The highest BCUT2D eigenvalue weighted by molar-refractivity contribution is 8.15. The number of aliphatic imine (C=N–C) groups is 1. The van der Waals surface area contributed by atoms with Crippen LogP contribution in [-0.4, -0.2) is 38.5 Å². The lowest BCUT2D eigenvalue weighted by Crippen LogP contribution is -2.31. The van der Waals surface area contributed by atoms with Gasteiger partial charge in [0.2, 0.25) is 5.25 Å². The van der Waals surface area contributed by atoms with Crippen molar-refractivity contribution in [2.24, 2.45) is 4.99 Å². The van der Waals surface area contributed by atoms with Gasteiger partial charge in [0, 0.05) is 0 Å². The molecule has 0 aliphatic carbocycles. The Morgan fingerprint density at radius 2 is 2.00 bits per heavy atom. The van der Waals surface area contributed by atoms with Gasteiger partial charge in [-0.2, -0.15) is 0 Å². The minimum absolute atomic E-state index is 0.0205. The van der Waals surface area contributed by atoms with Crippen molar-refractivity contribution >= 4 is 34.8 Å². The van der Waals surface area contributed by atoms with E-state index < -0.39 is 23.1 Å². The smallest absolute Gasteiger partial charge is 0.328 e. The van der Waals surface area contributed by atoms with Crippen LogP contribution in [0, 0.1) is 0 Å². The molecule has 16 heavy (non-hydrogen) atoms. The van der Waals surface area contributed by atoms with E-state index in [2.05, 4.69) is 10.3 Å². The zero-order chi connectivity index (χ0) is 12.3. The van der Waals surface area contributed by atoms with Gasteiger partial charge in [-0.1, -0.05) is 17.8 Å². The Morgan fingerprint density at radius 1 is 1.44 bits per heavy atom. The number of amidine groups is 1. The molecule has 0 radical (unpaired) electrons. The second-order valence-electron chi connectivity index (χ2n) is 2.72. The minimum atomic E-state index is -1.68. The van der Waals surface area contributed by atoms with Crippen molar-refractivity contribution in [2.75, 3.05) is 0 Å². The van der Waals surface area contributed by atoms with Gasteiger partial charge < -0.3 is 10.2 Å². The second kappa shape index (κ2) is 4.79. The molecule has 0 aromatic rings. The Morgan fingerprint density at radius 3 is 2.38 bits per heavy atom. The van der Waals surface area contributed by atoms with Crippen molar-refractivity contribution in [3.8, 4) is 0 Å². The topological polar surface area (TPSA) is 116 Å². The summed E-state index contributed by atoms with van der Waals surface area (Å²) < 4.78 is 0. The summed E-state index contributed by atoms with van der Waals surface area (Å²) in [5.74, 6) is -3.47. The van der Waals surface area contributed by atoms with Crippen LogP contribution in [0.2, 0.25) is 0 Å². The van der Waals surface area contributed by atoms with Gasteiger partial charge in [0.1, 0.15) is 5.70 Å². The molecule has 7 nitrogen and oxygen atoms in total. The first-order chi connectivity index (χ1) is 7.45. The van der Waals surface area contributed by atoms with E-state index in [9.17, 15) is 14.4 Å². The number of hydrogen-bond acceptors (Lipinski definition) is 5. The fourth-order valence-corrected chi connectivity index (χ4v) is 1.65. The number of amides is 1. The highest BCUT2D eigenvalue weighted by Gasteiger charge is 2.31. The predicted molar refractivity (Wildman–Crippen MR) is 56.0 cm³/mol. The number of aliphatic carboxylic acids is 2. The summed E-state index contributed by atoms with van der Waals surface area (Å²) in [7, 11) is 0. The predicted octanol–water partition coefficient (Wildman–Crippen LogP) is -0.353. The molecule has 0 saturated carbocycles. The van der Waals surface area contributed by atoms with Crippen LogP contribution in [0.15, 0.2) is 16.8 Å². The fourth-order valence-electron chi connectivity index (χ4n) is 0.919. The summed E-state index contributed by atoms with van der Waals surface area (Å²) in [6.45, 7) is 1.60. The summed E-state index contributed by atoms with van der Waals surface area (Å²) in [6, 6.07) is 0. The van der Waals surface area contributed by atoms with Crippen LogP contribution >= 0.6 is 11.8 Å². The molecule has 0 aromatic heterocycles. The first-order valence-corrected chi connectivity index (χ1v) is 5.02.